The molecule has 1 aliphatic heterocycles. The number of hydrogen-bond acceptors (Lipinski definition) is 4. The monoisotopic (exact) mass is 271 g/mol. The van der Waals surface area contributed by atoms with Gasteiger partial charge in [0.25, 0.3) is 0 Å². The first-order valence-electron chi connectivity index (χ1n) is 7.33. The molecular weight excluding hydrogens is 246 g/mol. The van der Waals surface area contributed by atoms with Gasteiger partial charge in [0.1, 0.15) is 0 Å². The summed E-state index contributed by atoms with van der Waals surface area (Å²) in [7, 11) is 0. The van der Waals surface area contributed by atoms with E-state index in [-0.39, 0.29) is 11.9 Å². The Morgan fingerprint density at radius 1 is 1.33 bits per heavy atom. The van der Waals surface area contributed by atoms with Gasteiger partial charge in [-0.15, -0.1) is 0 Å². The fourth-order valence-electron chi connectivity index (χ4n) is 2.99. The number of thioether (sulfide) groups is 1. The number of ether oxygens (including phenoxy) is 1. The number of cyclic esters (lactones) is 1. The zero-order valence-corrected chi connectivity index (χ0v) is 12.1. The Balaban J connectivity index is 1.69. The van der Waals surface area contributed by atoms with E-state index >= 15 is 0 Å². The minimum atomic E-state index is 0.0138. The molecule has 1 saturated carbocycles. The van der Waals surface area contributed by atoms with E-state index in [4.69, 9.17) is 4.74 Å². The van der Waals surface area contributed by atoms with Gasteiger partial charge in [0, 0.05) is 11.3 Å². The van der Waals surface area contributed by atoms with Gasteiger partial charge in [0.05, 0.1) is 12.5 Å². The average Bonchev–Trinajstić information content (AvgIpc) is 2.78. The van der Waals surface area contributed by atoms with Crippen LogP contribution >= 0.6 is 11.8 Å². The first-order chi connectivity index (χ1) is 8.81. The minimum Gasteiger partial charge on any atom is -0.465 e. The van der Waals surface area contributed by atoms with Crippen molar-refractivity contribution in [1.29, 1.82) is 0 Å². The van der Waals surface area contributed by atoms with Gasteiger partial charge >= 0.3 is 5.97 Å². The molecule has 1 aliphatic carbocycles. The lowest BCUT2D eigenvalue weighted by atomic mass is 9.94. The van der Waals surface area contributed by atoms with Crippen LogP contribution in [0.5, 0.6) is 0 Å². The van der Waals surface area contributed by atoms with Crippen molar-refractivity contribution < 1.29 is 9.53 Å². The second kappa shape index (κ2) is 7.39. The van der Waals surface area contributed by atoms with Crippen molar-refractivity contribution in [2.24, 2.45) is 5.92 Å². The molecule has 2 rings (SSSR count). The average molecular weight is 271 g/mol. The third kappa shape index (κ3) is 3.89. The van der Waals surface area contributed by atoms with Crippen molar-refractivity contribution >= 4 is 17.7 Å². The number of carbonyl (C=O) groups excluding carboxylic acids is 1. The van der Waals surface area contributed by atoms with Gasteiger partial charge in [0.2, 0.25) is 0 Å². The maximum absolute atomic E-state index is 11.4. The molecule has 1 heterocycles. The molecule has 0 amide bonds. The van der Waals surface area contributed by atoms with Crippen LogP contribution in [0.25, 0.3) is 0 Å². The Morgan fingerprint density at radius 3 is 2.89 bits per heavy atom. The zero-order chi connectivity index (χ0) is 12.8. The molecule has 2 fully saturated rings. The van der Waals surface area contributed by atoms with Crippen LogP contribution in [-0.4, -0.2) is 36.2 Å². The Morgan fingerprint density at radius 2 is 2.17 bits per heavy atom. The van der Waals surface area contributed by atoms with Gasteiger partial charge < -0.3 is 10.1 Å². The molecule has 1 saturated heterocycles. The van der Waals surface area contributed by atoms with Crippen LogP contribution in [-0.2, 0) is 9.53 Å². The van der Waals surface area contributed by atoms with E-state index in [2.05, 4.69) is 24.0 Å². The van der Waals surface area contributed by atoms with Gasteiger partial charge in [-0.3, -0.25) is 4.79 Å². The number of rotatable bonds is 6. The molecule has 1 N–H and O–H groups in total. The van der Waals surface area contributed by atoms with E-state index in [1.54, 1.807) is 0 Å². The predicted molar refractivity (Wildman–Crippen MR) is 75.9 cm³/mol. The molecule has 0 bridgehead atoms. The number of carbonyl (C=O) groups is 1. The molecule has 18 heavy (non-hydrogen) atoms. The normalized spacial score (nSPS) is 32.5. The molecule has 4 heteroatoms. The summed E-state index contributed by atoms with van der Waals surface area (Å²) >= 11 is 2.09. The summed E-state index contributed by atoms with van der Waals surface area (Å²) in [6.45, 7) is 3.83. The number of hydrogen-bond donors (Lipinski definition) is 1. The van der Waals surface area contributed by atoms with Gasteiger partial charge in [0.15, 0.2) is 0 Å². The molecule has 3 nitrogen and oxygen atoms in total. The smallest absolute Gasteiger partial charge is 0.309 e. The molecule has 0 unspecified atom stereocenters. The van der Waals surface area contributed by atoms with Crippen molar-refractivity contribution in [2.45, 2.75) is 56.7 Å². The number of esters is 1. The highest BCUT2D eigenvalue weighted by Crippen LogP contribution is 2.28. The maximum Gasteiger partial charge on any atom is 0.309 e. The first-order valence-corrected chi connectivity index (χ1v) is 8.37. The summed E-state index contributed by atoms with van der Waals surface area (Å²) in [5.74, 6) is 1.37. The van der Waals surface area contributed by atoms with Gasteiger partial charge in [-0.1, -0.05) is 19.8 Å². The fraction of sp³-hybridized carbons (Fsp3) is 0.929. The van der Waals surface area contributed by atoms with Gasteiger partial charge in [-0.2, -0.15) is 11.8 Å². The summed E-state index contributed by atoms with van der Waals surface area (Å²) in [5.41, 5.74) is 0. The third-order valence-corrected chi connectivity index (χ3v) is 5.35. The van der Waals surface area contributed by atoms with Crippen LogP contribution in [0.15, 0.2) is 0 Å². The van der Waals surface area contributed by atoms with Crippen molar-refractivity contribution in [3.63, 3.8) is 0 Å². The van der Waals surface area contributed by atoms with Crippen molar-refractivity contribution in [3.8, 4) is 0 Å². The van der Waals surface area contributed by atoms with Crippen LogP contribution in [0.4, 0.5) is 0 Å². The molecular formula is C14H25NO2S. The van der Waals surface area contributed by atoms with Crippen molar-refractivity contribution in [2.75, 3.05) is 18.9 Å². The standard InChI is InChI=1S/C14H25NO2S/c1-2-18-13-6-4-3-5-12(13)15-9-7-11-8-10-17-14(11)16/h11-13,15H,2-10H2,1H3/t11-,12-,13-/m1/s1. The van der Waals surface area contributed by atoms with Crippen molar-refractivity contribution in [1.82, 2.24) is 5.32 Å². The fourth-order valence-corrected chi connectivity index (χ4v) is 4.21. The van der Waals surface area contributed by atoms with Crippen molar-refractivity contribution in [3.05, 3.63) is 0 Å². The molecule has 104 valence electrons. The number of nitrogens with one attached hydrogen (secondary N) is 1. The highest BCUT2D eigenvalue weighted by Gasteiger charge is 2.28. The van der Waals surface area contributed by atoms with Crippen LogP contribution < -0.4 is 5.32 Å². The van der Waals surface area contributed by atoms with E-state index < -0.39 is 0 Å². The SMILES string of the molecule is CCS[C@@H]1CCCC[C@H]1NCC[C@@H]1CCOC1=O. The molecule has 2 aliphatic rings. The predicted octanol–water partition coefficient (Wildman–Crippen LogP) is 2.59. The van der Waals surface area contributed by atoms with Crippen LogP contribution in [0, 0.1) is 5.92 Å². The topological polar surface area (TPSA) is 38.3 Å². The second-order valence-electron chi connectivity index (χ2n) is 5.28. The Kier molecular flexibility index (Phi) is 5.83. The zero-order valence-electron chi connectivity index (χ0n) is 11.3. The van der Waals surface area contributed by atoms with Gasteiger partial charge in [-0.25, -0.2) is 0 Å². The molecule has 0 aromatic rings. The highest BCUT2D eigenvalue weighted by atomic mass is 32.2. The Bertz CT molecular complexity index is 271. The minimum absolute atomic E-state index is 0.0138. The molecule has 0 radical (unpaired) electrons. The maximum atomic E-state index is 11.4. The van der Waals surface area contributed by atoms with E-state index in [0.29, 0.717) is 12.6 Å². The van der Waals surface area contributed by atoms with Crippen LogP contribution in [0.1, 0.15) is 45.4 Å². The van der Waals surface area contributed by atoms with Crippen LogP contribution in [0.2, 0.25) is 0 Å². The van der Waals surface area contributed by atoms with E-state index in [0.717, 1.165) is 24.6 Å². The first kappa shape index (κ1) is 14.2. The van der Waals surface area contributed by atoms with E-state index in [9.17, 15) is 4.79 Å². The third-order valence-electron chi connectivity index (χ3n) is 4.03. The molecule has 0 aromatic heterocycles. The molecule has 0 spiro atoms. The summed E-state index contributed by atoms with van der Waals surface area (Å²) in [4.78, 5) is 11.4. The Hall–Kier alpha value is -0.220. The van der Waals surface area contributed by atoms with E-state index in [1.807, 2.05) is 0 Å². The molecule has 0 aromatic carbocycles. The van der Waals surface area contributed by atoms with Gasteiger partial charge in [-0.05, 0) is 38.0 Å². The summed E-state index contributed by atoms with van der Waals surface area (Å²) in [5, 5.41) is 4.45. The quantitative estimate of drug-likeness (QED) is 0.754. The summed E-state index contributed by atoms with van der Waals surface area (Å²) < 4.78 is 5.00. The highest BCUT2D eigenvalue weighted by molar-refractivity contribution is 7.99. The lowest BCUT2D eigenvalue weighted by Crippen LogP contribution is -2.41. The lowest BCUT2D eigenvalue weighted by Gasteiger charge is -2.32. The molecule has 3 atom stereocenters. The Labute approximate surface area is 114 Å². The largest absolute Gasteiger partial charge is 0.465 e. The van der Waals surface area contributed by atoms with Crippen LogP contribution in [0.3, 0.4) is 0 Å². The summed E-state index contributed by atoms with van der Waals surface area (Å²) in [6, 6.07) is 0.654. The lowest BCUT2D eigenvalue weighted by molar-refractivity contribution is -0.141. The second-order valence-corrected chi connectivity index (χ2v) is 6.80. The summed E-state index contributed by atoms with van der Waals surface area (Å²) in [6.07, 6.45) is 7.24. The van der Waals surface area contributed by atoms with E-state index in [1.165, 1.54) is 31.4 Å².